The monoisotopic (exact) mass is 355 g/mol. The molecule has 1 aromatic rings. The van der Waals surface area contributed by atoms with E-state index in [2.05, 4.69) is 5.32 Å². The highest BCUT2D eigenvalue weighted by Gasteiger charge is 2.51. The molecular weight excluding hydrogens is 326 g/mol. The number of rotatable bonds is 5. The first-order valence-electron chi connectivity index (χ1n) is 9.93. The number of hydrogen-bond acceptors (Lipinski definition) is 3. The zero-order valence-electron chi connectivity index (χ0n) is 15.8. The maximum atomic E-state index is 12.4. The highest BCUT2D eigenvalue weighted by Crippen LogP contribution is 2.55. The summed E-state index contributed by atoms with van der Waals surface area (Å²) < 4.78 is 5.24. The Labute approximate surface area is 155 Å². The van der Waals surface area contributed by atoms with Gasteiger partial charge in [-0.3, -0.25) is 9.59 Å². The lowest BCUT2D eigenvalue weighted by Crippen LogP contribution is -2.60. The van der Waals surface area contributed by atoms with Crippen LogP contribution in [0.5, 0.6) is 0 Å². The molecule has 0 saturated heterocycles. The lowest BCUT2D eigenvalue weighted by Gasteiger charge is -2.56. The molecule has 4 aliphatic carbocycles. The molecule has 4 aliphatic rings. The zero-order valence-corrected chi connectivity index (χ0v) is 15.8. The molecule has 0 radical (unpaired) electrons. The second kappa shape index (κ2) is 6.71. The smallest absolute Gasteiger partial charge is 0.310 e. The van der Waals surface area contributed by atoms with Gasteiger partial charge in [-0.25, -0.2) is 0 Å². The Kier molecular flexibility index (Phi) is 4.54. The maximum absolute atomic E-state index is 12.4. The molecule has 0 unspecified atom stereocenters. The highest BCUT2D eigenvalue weighted by molar-refractivity contribution is 5.81. The van der Waals surface area contributed by atoms with Crippen molar-refractivity contribution in [3.8, 4) is 0 Å². The Morgan fingerprint density at radius 1 is 1.04 bits per heavy atom. The lowest BCUT2D eigenvalue weighted by atomic mass is 9.53. The molecule has 26 heavy (non-hydrogen) atoms. The maximum Gasteiger partial charge on any atom is 0.310 e. The average molecular weight is 355 g/mol. The van der Waals surface area contributed by atoms with Gasteiger partial charge in [0.05, 0.1) is 6.42 Å². The molecule has 140 valence electrons. The number of aryl methyl sites for hydroxylation is 2. The highest BCUT2D eigenvalue weighted by atomic mass is 16.5. The first-order chi connectivity index (χ1) is 12.4. The summed E-state index contributed by atoms with van der Waals surface area (Å²) in [6.45, 7) is 3.92. The molecule has 4 fully saturated rings. The molecule has 4 bridgehead atoms. The summed E-state index contributed by atoms with van der Waals surface area (Å²) in [5.74, 6) is 1.88. The summed E-state index contributed by atoms with van der Waals surface area (Å²) in [7, 11) is 0. The van der Waals surface area contributed by atoms with Crippen molar-refractivity contribution < 1.29 is 14.3 Å². The Balaban J connectivity index is 1.27. The van der Waals surface area contributed by atoms with Crippen molar-refractivity contribution >= 4 is 11.9 Å². The van der Waals surface area contributed by atoms with E-state index in [0.717, 1.165) is 48.1 Å². The number of ether oxygens (including phenoxy) is 1. The molecule has 4 heteroatoms. The largest absolute Gasteiger partial charge is 0.455 e. The molecule has 1 amide bonds. The third-order valence-corrected chi connectivity index (χ3v) is 6.73. The average Bonchev–Trinajstić information content (AvgIpc) is 2.55. The second-order valence-corrected chi connectivity index (χ2v) is 9.00. The van der Waals surface area contributed by atoms with Crippen LogP contribution in [0.3, 0.4) is 0 Å². The number of amides is 1. The van der Waals surface area contributed by atoms with Crippen molar-refractivity contribution in [2.75, 3.05) is 6.61 Å². The third-order valence-electron chi connectivity index (χ3n) is 6.73. The summed E-state index contributed by atoms with van der Waals surface area (Å²) in [4.78, 5) is 24.5. The van der Waals surface area contributed by atoms with E-state index in [0.29, 0.717) is 0 Å². The summed E-state index contributed by atoms with van der Waals surface area (Å²) in [5.41, 5.74) is 3.28. The fourth-order valence-electron chi connectivity index (χ4n) is 5.87. The van der Waals surface area contributed by atoms with Gasteiger partial charge in [0.1, 0.15) is 0 Å². The van der Waals surface area contributed by atoms with E-state index in [9.17, 15) is 9.59 Å². The van der Waals surface area contributed by atoms with Crippen LogP contribution in [-0.4, -0.2) is 24.0 Å². The fourth-order valence-corrected chi connectivity index (χ4v) is 5.87. The van der Waals surface area contributed by atoms with Crippen molar-refractivity contribution in [1.82, 2.24) is 5.32 Å². The van der Waals surface area contributed by atoms with Gasteiger partial charge in [0.15, 0.2) is 6.61 Å². The summed E-state index contributed by atoms with van der Waals surface area (Å²) in [6.07, 6.45) is 7.59. The van der Waals surface area contributed by atoms with Crippen LogP contribution in [0.2, 0.25) is 0 Å². The Morgan fingerprint density at radius 3 is 2.23 bits per heavy atom. The standard InChI is InChI=1S/C22H29NO3/c1-14-3-4-16(5-15(14)2)9-21(25)26-13-20(24)23-22-10-17-6-18(11-22)8-19(7-17)12-22/h3-5,17-19H,6-13H2,1-2H3,(H,23,24). The minimum absolute atomic E-state index is 0.0215. The van der Waals surface area contributed by atoms with Gasteiger partial charge in [0, 0.05) is 5.54 Å². The predicted molar refractivity (Wildman–Crippen MR) is 99.6 cm³/mol. The topological polar surface area (TPSA) is 55.4 Å². The van der Waals surface area contributed by atoms with Crippen LogP contribution in [0.25, 0.3) is 0 Å². The van der Waals surface area contributed by atoms with E-state index in [1.54, 1.807) is 0 Å². The van der Waals surface area contributed by atoms with Crippen molar-refractivity contribution in [3.05, 3.63) is 34.9 Å². The Bertz CT molecular complexity index is 689. The second-order valence-electron chi connectivity index (χ2n) is 9.00. The van der Waals surface area contributed by atoms with E-state index in [1.807, 2.05) is 32.0 Å². The number of esters is 1. The zero-order chi connectivity index (χ0) is 18.3. The fraction of sp³-hybridized carbons (Fsp3) is 0.636. The van der Waals surface area contributed by atoms with Crippen LogP contribution in [0.1, 0.15) is 55.2 Å². The molecule has 0 atom stereocenters. The molecule has 4 saturated carbocycles. The molecule has 0 spiro atoms. The van der Waals surface area contributed by atoms with E-state index in [1.165, 1.54) is 24.8 Å². The van der Waals surface area contributed by atoms with E-state index < -0.39 is 0 Å². The first-order valence-corrected chi connectivity index (χ1v) is 9.93. The van der Waals surface area contributed by atoms with Gasteiger partial charge < -0.3 is 10.1 Å². The van der Waals surface area contributed by atoms with Gasteiger partial charge in [-0.05, 0) is 86.8 Å². The lowest BCUT2D eigenvalue weighted by molar-refractivity contribution is -0.149. The van der Waals surface area contributed by atoms with Gasteiger partial charge in [-0.2, -0.15) is 0 Å². The molecule has 1 aromatic carbocycles. The van der Waals surface area contributed by atoms with Gasteiger partial charge in [-0.1, -0.05) is 18.2 Å². The SMILES string of the molecule is Cc1ccc(CC(=O)OCC(=O)NC23CC4CC(CC(C4)C2)C3)cc1C. The number of nitrogens with one attached hydrogen (secondary N) is 1. The number of carbonyl (C=O) groups excluding carboxylic acids is 2. The molecular formula is C22H29NO3. The summed E-state index contributed by atoms with van der Waals surface area (Å²) in [6, 6.07) is 5.96. The molecule has 4 nitrogen and oxygen atoms in total. The first kappa shape index (κ1) is 17.6. The van der Waals surface area contributed by atoms with Crippen LogP contribution in [0, 0.1) is 31.6 Å². The van der Waals surface area contributed by atoms with Gasteiger partial charge in [0.2, 0.25) is 0 Å². The van der Waals surface area contributed by atoms with E-state index >= 15 is 0 Å². The van der Waals surface area contributed by atoms with Gasteiger partial charge in [0.25, 0.3) is 5.91 Å². The molecule has 0 heterocycles. The van der Waals surface area contributed by atoms with Crippen molar-refractivity contribution in [3.63, 3.8) is 0 Å². The van der Waals surface area contributed by atoms with Gasteiger partial charge >= 0.3 is 5.97 Å². The van der Waals surface area contributed by atoms with E-state index in [4.69, 9.17) is 4.74 Å². The minimum Gasteiger partial charge on any atom is -0.455 e. The van der Waals surface area contributed by atoms with Crippen molar-refractivity contribution in [2.45, 2.75) is 64.3 Å². The minimum atomic E-state index is -0.339. The number of benzene rings is 1. The molecule has 5 rings (SSSR count). The normalized spacial score (nSPS) is 31.7. The quantitative estimate of drug-likeness (QED) is 0.823. The van der Waals surface area contributed by atoms with Crippen LogP contribution in [0.15, 0.2) is 18.2 Å². The van der Waals surface area contributed by atoms with Gasteiger partial charge in [-0.15, -0.1) is 0 Å². The van der Waals surface area contributed by atoms with Crippen LogP contribution in [-0.2, 0) is 20.7 Å². The molecule has 0 aliphatic heterocycles. The predicted octanol–water partition coefficient (Wildman–Crippen LogP) is 3.47. The van der Waals surface area contributed by atoms with Crippen LogP contribution in [0.4, 0.5) is 0 Å². The number of hydrogen-bond donors (Lipinski definition) is 1. The molecule has 1 N–H and O–H groups in total. The van der Waals surface area contributed by atoms with Crippen LogP contribution < -0.4 is 5.32 Å². The summed E-state index contributed by atoms with van der Waals surface area (Å²) in [5, 5.41) is 3.24. The van der Waals surface area contributed by atoms with Crippen molar-refractivity contribution in [2.24, 2.45) is 17.8 Å². The van der Waals surface area contributed by atoms with Crippen molar-refractivity contribution in [1.29, 1.82) is 0 Å². The Morgan fingerprint density at radius 2 is 1.65 bits per heavy atom. The number of carbonyl (C=O) groups is 2. The van der Waals surface area contributed by atoms with Crippen LogP contribution >= 0.6 is 0 Å². The molecule has 0 aromatic heterocycles. The van der Waals surface area contributed by atoms with E-state index in [-0.39, 0.29) is 30.4 Å². The summed E-state index contributed by atoms with van der Waals surface area (Å²) >= 11 is 0. The third kappa shape index (κ3) is 3.65. The Hall–Kier alpha value is -1.84.